The number of hydrogen-bond acceptors (Lipinski definition) is 6. The van der Waals surface area contributed by atoms with E-state index in [1.807, 2.05) is 27.7 Å². The Morgan fingerprint density at radius 2 is 1.61 bits per heavy atom. The van der Waals surface area contributed by atoms with Crippen LogP contribution >= 0.6 is 31.9 Å². The average molecular weight is 524 g/mol. The van der Waals surface area contributed by atoms with Crippen LogP contribution in [-0.4, -0.2) is 55.6 Å². The SMILES string of the molecule is CC1(C)CC(OC(=O)C(C)(C)Br)(C2NC(C)(C)CC2OC(=O)C(C)(C)Br)C=N1. The van der Waals surface area contributed by atoms with Crippen LogP contribution in [0.2, 0.25) is 0 Å². The zero-order valence-corrected chi connectivity index (χ0v) is 21.2. The molecule has 1 fully saturated rings. The Labute approximate surface area is 184 Å². The number of alkyl halides is 2. The van der Waals surface area contributed by atoms with Crippen molar-refractivity contribution in [1.29, 1.82) is 0 Å². The number of esters is 2. The molecule has 0 radical (unpaired) electrons. The van der Waals surface area contributed by atoms with Gasteiger partial charge in [0.05, 0.1) is 11.6 Å². The van der Waals surface area contributed by atoms with Crippen molar-refractivity contribution >= 4 is 50.0 Å². The second-order valence-corrected chi connectivity index (χ2v) is 14.2. The van der Waals surface area contributed by atoms with Crippen LogP contribution in [0.4, 0.5) is 0 Å². The highest BCUT2D eigenvalue weighted by atomic mass is 79.9. The molecule has 3 unspecified atom stereocenters. The first kappa shape index (κ1) is 23.8. The summed E-state index contributed by atoms with van der Waals surface area (Å²) in [7, 11) is 0. The monoisotopic (exact) mass is 522 g/mol. The third kappa shape index (κ3) is 5.36. The zero-order valence-electron chi connectivity index (χ0n) is 18.0. The van der Waals surface area contributed by atoms with Gasteiger partial charge in [0.25, 0.3) is 0 Å². The standard InChI is InChI=1S/C20H32Br2N2O4/c1-16(2)9-12(27-14(25)18(5,6)21)13(24-16)20(10-17(3,4)23-11-20)28-15(26)19(7,8)22/h11-13,24H,9-10H2,1-8H3. The lowest BCUT2D eigenvalue weighted by Crippen LogP contribution is -2.60. The van der Waals surface area contributed by atoms with Gasteiger partial charge >= 0.3 is 11.9 Å². The highest BCUT2D eigenvalue weighted by molar-refractivity contribution is 9.10. The molecule has 1 N–H and O–H groups in total. The third-order valence-corrected chi connectivity index (χ3v) is 5.66. The topological polar surface area (TPSA) is 77.0 Å². The van der Waals surface area contributed by atoms with Crippen molar-refractivity contribution < 1.29 is 19.1 Å². The molecule has 2 rings (SSSR count). The van der Waals surface area contributed by atoms with Crippen LogP contribution in [0.5, 0.6) is 0 Å². The van der Waals surface area contributed by atoms with Crippen LogP contribution in [0.1, 0.15) is 68.2 Å². The zero-order chi connectivity index (χ0) is 21.8. The maximum atomic E-state index is 12.8. The third-order valence-electron chi connectivity index (χ3n) is 5.01. The lowest BCUT2D eigenvalue weighted by molar-refractivity contribution is -0.163. The summed E-state index contributed by atoms with van der Waals surface area (Å²) < 4.78 is 10.3. The van der Waals surface area contributed by atoms with Crippen LogP contribution in [0.3, 0.4) is 0 Å². The van der Waals surface area contributed by atoms with Crippen LogP contribution in [-0.2, 0) is 19.1 Å². The molecule has 2 aliphatic heterocycles. The molecule has 0 bridgehead atoms. The van der Waals surface area contributed by atoms with Gasteiger partial charge < -0.3 is 14.8 Å². The van der Waals surface area contributed by atoms with Crippen molar-refractivity contribution in [3.63, 3.8) is 0 Å². The Morgan fingerprint density at radius 3 is 2.04 bits per heavy atom. The maximum Gasteiger partial charge on any atom is 0.323 e. The Bertz CT molecular complexity index is 677. The van der Waals surface area contributed by atoms with Crippen molar-refractivity contribution in [1.82, 2.24) is 5.32 Å². The molecule has 2 aliphatic rings. The summed E-state index contributed by atoms with van der Waals surface area (Å²) in [5.74, 6) is -0.729. The van der Waals surface area contributed by atoms with Crippen LogP contribution < -0.4 is 5.32 Å². The van der Waals surface area contributed by atoms with Gasteiger partial charge in [0.1, 0.15) is 14.8 Å². The molecule has 28 heavy (non-hydrogen) atoms. The number of nitrogens with zero attached hydrogens (tertiary/aromatic N) is 1. The first-order valence-electron chi connectivity index (χ1n) is 9.53. The minimum atomic E-state index is -0.999. The summed E-state index contributed by atoms with van der Waals surface area (Å²) in [5.41, 5.74) is -1.66. The molecule has 6 nitrogen and oxygen atoms in total. The van der Waals surface area contributed by atoms with Gasteiger partial charge in [-0.25, -0.2) is 0 Å². The number of hydrogen-bond donors (Lipinski definition) is 1. The molecular formula is C20H32Br2N2O4. The van der Waals surface area contributed by atoms with E-state index in [4.69, 9.17) is 9.47 Å². The van der Waals surface area contributed by atoms with Gasteiger partial charge in [-0.1, -0.05) is 31.9 Å². The fraction of sp³-hybridized carbons (Fsp3) is 0.850. The molecule has 0 aromatic rings. The van der Waals surface area contributed by atoms with E-state index >= 15 is 0 Å². The van der Waals surface area contributed by atoms with E-state index < -0.39 is 26.4 Å². The summed E-state index contributed by atoms with van der Waals surface area (Å²) in [6.07, 6.45) is 2.39. The molecule has 3 atom stereocenters. The predicted octanol–water partition coefficient (Wildman–Crippen LogP) is 3.92. The molecule has 0 aliphatic carbocycles. The second kappa shape index (κ2) is 7.34. The summed E-state index contributed by atoms with van der Waals surface area (Å²) >= 11 is 6.75. The number of ether oxygens (including phenoxy) is 2. The van der Waals surface area contributed by atoms with Gasteiger partial charge in [-0.15, -0.1) is 0 Å². The van der Waals surface area contributed by atoms with Gasteiger partial charge in [0, 0.05) is 24.6 Å². The molecular weight excluding hydrogens is 492 g/mol. The van der Waals surface area contributed by atoms with Crippen molar-refractivity contribution in [3.05, 3.63) is 0 Å². The van der Waals surface area contributed by atoms with E-state index in [2.05, 4.69) is 42.2 Å². The van der Waals surface area contributed by atoms with Crippen molar-refractivity contribution in [3.8, 4) is 0 Å². The van der Waals surface area contributed by atoms with E-state index in [0.29, 0.717) is 12.8 Å². The molecule has 0 spiro atoms. The molecule has 2 heterocycles. The Balaban J connectivity index is 2.41. The minimum Gasteiger partial charge on any atom is -0.459 e. The molecule has 0 amide bonds. The Hall–Kier alpha value is -0.470. The molecule has 1 saturated heterocycles. The minimum absolute atomic E-state index is 0.282. The summed E-state index contributed by atoms with van der Waals surface area (Å²) in [6, 6.07) is -0.398. The van der Waals surface area contributed by atoms with Crippen LogP contribution in [0, 0.1) is 0 Å². The smallest absolute Gasteiger partial charge is 0.323 e. The molecule has 8 heteroatoms. The summed E-state index contributed by atoms with van der Waals surface area (Å²) in [6.45, 7) is 15.1. The maximum absolute atomic E-state index is 12.8. The second-order valence-electron chi connectivity index (χ2n) is 10.2. The largest absolute Gasteiger partial charge is 0.459 e. The quantitative estimate of drug-likeness (QED) is 0.436. The first-order valence-corrected chi connectivity index (χ1v) is 11.1. The van der Waals surface area contributed by atoms with Crippen molar-refractivity contribution in [2.45, 2.75) is 106 Å². The molecule has 0 aromatic carbocycles. The lowest BCUT2D eigenvalue weighted by Gasteiger charge is -2.39. The van der Waals surface area contributed by atoms with Gasteiger partial charge in [0.15, 0.2) is 5.60 Å². The highest BCUT2D eigenvalue weighted by Crippen LogP contribution is 2.42. The van der Waals surface area contributed by atoms with E-state index in [9.17, 15) is 9.59 Å². The number of nitrogens with one attached hydrogen (secondary N) is 1. The molecule has 0 saturated carbocycles. The molecule has 160 valence electrons. The van der Waals surface area contributed by atoms with E-state index in [0.717, 1.165) is 0 Å². The highest BCUT2D eigenvalue weighted by Gasteiger charge is 2.58. The van der Waals surface area contributed by atoms with Crippen LogP contribution in [0.25, 0.3) is 0 Å². The van der Waals surface area contributed by atoms with Gasteiger partial charge in [-0.2, -0.15) is 0 Å². The van der Waals surface area contributed by atoms with Gasteiger partial charge in [-0.05, 0) is 55.4 Å². The Kier molecular flexibility index (Phi) is 6.24. The number of carbonyl (C=O) groups excluding carboxylic acids is 2. The number of carbonyl (C=O) groups is 2. The summed E-state index contributed by atoms with van der Waals surface area (Å²) in [4.78, 5) is 29.9. The number of rotatable bonds is 5. The number of halogens is 2. The van der Waals surface area contributed by atoms with E-state index in [-0.39, 0.29) is 23.0 Å². The lowest BCUT2D eigenvalue weighted by atomic mass is 9.84. The Morgan fingerprint density at radius 1 is 1.07 bits per heavy atom. The predicted molar refractivity (Wildman–Crippen MR) is 118 cm³/mol. The van der Waals surface area contributed by atoms with Gasteiger partial charge in [0.2, 0.25) is 0 Å². The fourth-order valence-corrected chi connectivity index (χ4v) is 3.85. The van der Waals surface area contributed by atoms with Gasteiger partial charge in [-0.3, -0.25) is 14.6 Å². The van der Waals surface area contributed by atoms with Crippen LogP contribution in [0.15, 0.2) is 4.99 Å². The van der Waals surface area contributed by atoms with E-state index in [1.54, 1.807) is 33.9 Å². The average Bonchev–Trinajstić information content (AvgIpc) is 2.94. The normalized spacial score (nSPS) is 31.6. The molecule has 0 aromatic heterocycles. The van der Waals surface area contributed by atoms with E-state index in [1.165, 1.54) is 0 Å². The summed E-state index contributed by atoms with van der Waals surface area (Å²) in [5, 5.41) is 3.54. The fourth-order valence-electron chi connectivity index (χ4n) is 3.68. The van der Waals surface area contributed by atoms with Crippen molar-refractivity contribution in [2.75, 3.05) is 0 Å². The number of aliphatic imine (C=N–C) groups is 1. The van der Waals surface area contributed by atoms with Crippen molar-refractivity contribution in [2.24, 2.45) is 4.99 Å². The first-order chi connectivity index (χ1) is 12.4.